The second-order valence-electron chi connectivity index (χ2n) is 4.55. The van der Waals surface area contributed by atoms with Crippen LogP contribution in [0.4, 0.5) is 0 Å². The molecule has 0 saturated carbocycles. The Kier molecular flexibility index (Phi) is 6.68. The first-order valence-electron chi connectivity index (χ1n) is 6.70. The van der Waals surface area contributed by atoms with E-state index < -0.39 is 17.7 Å². The third kappa shape index (κ3) is 6.76. The van der Waals surface area contributed by atoms with E-state index in [0.717, 1.165) is 0 Å². The fourth-order valence-electron chi connectivity index (χ4n) is 1.61. The number of benzene rings is 1. The molecule has 6 heteroatoms. The number of carbonyl (C=O) groups is 2. The molecule has 0 fully saturated rings. The van der Waals surface area contributed by atoms with Crippen molar-refractivity contribution in [2.24, 2.45) is 0 Å². The fourth-order valence-corrected chi connectivity index (χ4v) is 1.61. The quantitative estimate of drug-likeness (QED) is 0.556. The van der Waals surface area contributed by atoms with Crippen LogP contribution in [0.15, 0.2) is 30.3 Å². The molecule has 116 valence electrons. The molecule has 0 aromatic heterocycles. The zero-order chi connectivity index (χ0) is 15.7. The zero-order valence-corrected chi connectivity index (χ0v) is 12.2. The van der Waals surface area contributed by atoms with Gasteiger partial charge in [-0.05, 0) is 19.1 Å². The molecule has 1 unspecified atom stereocenters. The number of para-hydroxylation sites is 1. The first-order chi connectivity index (χ1) is 9.95. The normalized spacial score (nSPS) is 13.2. The lowest BCUT2D eigenvalue weighted by Gasteiger charge is -2.29. The minimum absolute atomic E-state index is 0.0528. The van der Waals surface area contributed by atoms with Gasteiger partial charge < -0.3 is 19.3 Å². The molecule has 0 heterocycles. The van der Waals surface area contributed by atoms with Crippen molar-refractivity contribution in [3.05, 3.63) is 30.3 Å². The van der Waals surface area contributed by atoms with Crippen molar-refractivity contribution in [1.29, 1.82) is 0 Å². The summed E-state index contributed by atoms with van der Waals surface area (Å²) < 4.78 is 16.2. The van der Waals surface area contributed by atoms with Gasteiger partial charge in [0.2, 0.25) is 0 Å². The van der Waals surface area contributed by atoms with Crippen LogP contribution in [0, 0.1) is 0 Å². The lowest BCUT2D eigenvalue weighted by atomic mass is 10.3. The van der Waals surface area contributed by atoms with Crippen molar-refractivity contribution in [2.45, 2.75) is 32.5 Å². The molecule has 21 heavy (non-hydrogen) atoms. The lowest BCUT2D eigenvalue weighted by molar-refractivity contribution is -0.208. The largest absolute Gasteiger partial charge is 0.481 e. The van der Waals surface area contributed by atoms with Crippen molar-refractivity contribution in [2.75, 3.05) is 13.2 Å². The first-order valence-corrected chi connectivity index (χ1v) is 6.70. The molecule has 0 aliphatic rings. The molecular weight excluding hydrogens is 276 g/mol. The van der Waals surface area contributed by atoms with Crippen molar-refractivity contribution >= 4 is 11.9 Å². The number of carbonyl (C=O) groups excluding carboxylic acids is 1. The third-order valence-corrected chi connectivity index (χ3v) is 2.52. The average molecular weight is 296 g/mol. The SMILES string of the molecule is CCOCC(C)(OC(=O)CCC(=O)O)Oc1ccccc1. The molecule has 0 bridgehead atoms. The van der Waals surface area contributed by atoms with Gasteiger partial charge in [-0.1, -0.05) is 18.2 Å². The van der Waals surface area contributed by atoms with E-state index in [2.05, 4.69) is 0 Å². The van der Waals surface area contributed by atoms with E-state index in [1.165, 1.54) is 0 Å². The highest BCUT2D eigenvalue weighted by Crippen LogP contribution is 2.20. The number of esters is 1. The number of aliphatic carboxylic acids is 1. The summed E-state index contributed by atoms with van der Waals surface area (Å²) in [6, 6.07) is 8.89. The molecule has 1 aromatic rings. The molecule has 0 saturated heterocycles. The Morgan fingerprint density at radius 2 is 1.86 bits per heavy atom. The second-order valence-corrected chi connectivity index (χ2v) is 4.55. The van der Waals surface area contributed by atoms with Gasteiger partial charge in [0, 0.05) is 13.5 Å². The smallest absolute Gasteiger partial charge is 0.309 e. The number of carboxylic acids is 1. The highest BCUT2D eigenvalue weighted by atomic mass is 16.7. The summed E-state index contributed by atoms with van der Waals surface area (Å²) in [5.41, 5.74) is 0. The maximum Gasteiger partial charge on any atom is 0.309 e. The van der Waals surface area contributed by atoms with E-state index in [4.69, 9.17) is 19.3 Å². The second kappa shape index (κ2) is 8.26. The Hall–Kier alpha value is -2.08. The van der Waals surface area contributed by atoms with Crippen LogP contribution >= 0.6 is 0 Å². The van der Waals surface area contributed by atoms with Crippen LogP contribution in [0.5, 0.6) is 5.75 Å². The predicted octanol–water partition coefficient (Wildman–Crippen LogP) is 2.23. The predicted molar refractivity (Wildman–Crippen MR) is 74.9 cm³/mol. The van der Waals surface area contributed by atoms with Crippen molar-refractivity contribution < 1.29 is 28.9 Å². The van der Waals surface area contributed by atoms with E-state index in [1.807, 2.05) is 13.0 Å². The molecule has 0 radical (unpaired) electrons. The minimum Gasteiger partial charge on any atom is -0.481 e. The van der Waals surface area contributed by atoms with Gasteiger partial charge in [0.05, 0.1) is 12.8 Å². The van der Waals surface area contributed by atoms with Crippen LogP contribution in [-0.4, -0.2) is 36.0 Å². The Balaban J connectivity index is 2.68. The molecule has 1 N–H and O–H groups in total. The van der Waals surface area contributed by atoms with Gasteiger partial charge in [0.15, 0.2) is 0 Å². The van der Waals surface area contributed by atoms with Gasteiger partial charge in [-0.15, -0.1) is 0 Å². The minimum atomic E-state index is -1.30. The molecule has 1 aromatic carbocycles. The molecule has 0 aliphatic heterocycles. The lowest BCUT2D eigenvalue weighted by Crippen LogP contribution is -2.42. The van der Waals surface area contributed by atoms with Crippen LogP contribution in [-0.2, 0) is 19.1 Å². The zero-order valence-electron chi connectivity index (χ0n) is 12.2. The maximum absolute atomic E-state index is 11.7. The topological polar surface area (TPSA) is 82.1 Å². The Morgan fingerprint density at radius 1 is 1.19 bits per heavy atom. The van der Waals surface area contributed by atoms with Gasteiger partial charge in [-0.25, -0.2) is 0 Å². The summed E-state index contributed by atoms with van der Waals surface area (Å²) in [5, 5.41) is 8.57. The van der Waals surface area contributed by atoms with E-state index in [9.17, 15) is 9.59 Å². The van der Waals surface area contributed by atoms with Gasteiger partial charge in [-0.3, -0.25) is 9.59 Å². The molecule has 1 rings (SSSR count). The molecule has 1 atom stereocenters. The van der Waals surface area contributed by atoms with E-state index in [-0.39, 0.29) is 19.4 Å². The van der Waals surface area contributed by atoms with Crippen LogP contribution in [0.25, 0.3) is 0 Å². The Bertz CT molecular complexity index is 458. The standard InChI is InChI=1S/C15H20O6/c1-3-19-11-15(2,20-12-7-5-4-6-8-12)21-14(18)10-9-13(16)17/h4-8H,3,9-11H2,1-2H3,(H,16,17). The number of ether oxygens (including phenoxy) is 3. The maximum atomic E-state index is 11.7. The fraction of sp³-hybridized carbons (Fsp3) is 0.467. The monoisotopic (exact) mass is 296 g/mol. The van der Waals surface area contributed by atoms with E-state index in [1.54, 1.807) is 31.2 Å². The van der Waals surface area contributed by atoms with Gasteiger partial charge >= 0.3 is 11.9 Å². The number of carboxylic acid groups (broad SMARTS) is 1. The summed E-state index contributed by atoms with van der Waals surface area (Å²) in [6.07, 6.45) is -0.496. The molecule has 6 nitrogen and oxygen atoms in total. The van der Waals surface area contributed by atoms with Crippen LogP contribution in [0.3, 0.4) is 0 Å². The Labute approximate surface area is 123 Å². The van der Waals surface area contributed by atoms with Crippen molar-refractivity contribution in [1.82, 2.24) is 0 Å². The molecule has 0 amide bonds. The Morgan fingerprint density at radius 3 is 2.43 bits per heavy atom. The number of hydrogen-bond acceptors (Lipinski definition) is 5. The summed E-state index contributed by atoms with van der Waals surface area (Å²) in [4.78, 5) is 22.2. The van der Waals surface area contributed by atoms with Crippen LogP contribution in [0.2, 0.25) is 0 Å². The van der Waals surface area contributed by atoms with Crippen LogP contribution < -0.4 is 4.74 Å². The molecule has 0 aliphatic carbocycles. The summed E-state index contributed by atoms with van der Waals surface area (Å²) in [7, 11) is 0. The molecule has 0 spiro atoms. The highest BCUT2D eigenvalue weighted by molar-refractivity contribution is 5.76. The summed E-state index contributed by atoms with van der Waals surface area (Å²) in [6.45, 7) is 3.89. The average Bonchev–Trinajstić information content (AvgIpc) is 2.44. The van der Waals surface area contributed by atoms with Crippen LogP contribution in [0.1, 0.15) is 26.7 Å². The van der Waals surface area contributed by atoms with E-state index in [0.29, 0.717) is 12.4 Å². The van der Waals surface area contributed by atoms with Crippen molar-refractivity contribution in [3.8, 4) is 5.75 Å². The van der Waals surface area contributed by atoms with Gasteiger partial charge in [-0.2, -0.15) is 0 Å². The number of hydrogen-bond donors (Lipinski definition) is 1. The first kappa shape index (κ1) is 17.0. The third-order valence-electron chi connectivity index (χ3n) is 2.52. The van der Waals surface area contributed by atoms with E-state index >= 15 is 0 Å². The molecular formula is C15H20O6. The summed E-state index contributed by atoms with van der Waals surface area (Å²) >= 11 is 0. The highest BCUT2D eigenvalue weighted by Gasteiger charge is 2.31. The van der Waals surface area contributed by atoms with Gasteiger partial charge in [0.1, 0.15) is 12.4 Å². The van der Waals surface area contributed by atoms with Gasteiger partial charge in [0.25, 0.3) is 5.79 Å². The van der Waals surface area contributed by atoms with Crippen molar-refractivity contribution in [3.63, 3.8) is 0 Å². The number of rotatable bonds is 9. The summed E-state index contributed by atoms with van der Waals surface area (Å²) in [5.74, 6) is -2.46.